The van der Waals surface area contributed by atoms with Gasteiger partial charge in [0.2, 0.25) is 0 Å². The lowest BCUT2D eigenvalue weighted by atomic mass is 10.2. The van der Waals surface area contributed by atoms with Crippen LogP contribution in [0.5, 0.6) is 0 Å². The second-order valence-corrected chi connectivity index (χ2v) is 4.94. The third-order valence-corrected chi connectivity index (χ3v) is 3.66. The van der Waals surface area contributed by atoms with Crippen LogP contribution in [0.15, 0.2) is 0 Å². The molecule has 1 aromatic heterocycles. The fraction of sp³-hybridized carbons (Fsp3) is 0.667. The van der Waals surface area contributed by atoms with Crippen molar-refractivity contribution < 1.29 is 4.74 Å². The van der Waals surface area contributed by atoms with Crippen molar-refractivity contribution in [2.75, 3.05) is 25.1 Å². The van der Waals surface area contributed by atoms with Gasteiger partial charge in [-0.15, -0.1) is 10.2 Å². The molecule has 1 atom stereocenters. The first-order chi connectivity index (χ1) is 8.09. The number of hydrogen-bond acceptors (Lipinski definition) is 4. The SMILES string of the molecule is Cc1c(Cl)nnc(N(C)CC2CCCO2)c1C. The van der Waals surface area contributed by atoms with Gasteiger partial charge in [0.25, 0.3) is 0 Å². The zero-order valence-electron chi connectivity index (χ0n) is 10.5. The van der Waals surface area contributed by atoms with Gasteiger partial charge in [-0.1, -0.05) is 11.6 Å². The lowest BCUT2D eigenvalue weighted by Crippen LogP contribution is -2.30. The molecule has 94 valence electrons. The van der Waals surface area contributed by atoms with Crippen molar-refractivity contribution in [1.29, 1.82) is 0 Å². The van der Waals surface area contributed by atoms with Crippen LogP contribution in [0.1, 0.15) is 24.0 Å². The Kier molecular flexibility index (Phi) is 3.84. The highest BCUT2D eigenvalue weighted by molar-refractivity contribution is 6.30. The van der Waals surface area contributed by atoms with Gasteiger partial charge >= 0.3 is 0 Å². The topological polar surface area (TPSA) is 38.2 Å². The summed E-state index contributed by atoms with van der Waals surface area (Å²) in [5, 5.41) is 8.62. The minimum Gasteiger partial charge on any atom is -0.376 e. The smallest absolute Gasteiger partial charge is 0.155 e. The minimum absolute atomic E-state index is 0.317. The van der Waals surface area contributed by atoms with Crippen molar-refractivity contribution in [2.24, 2.45) is 0 Å². The molecule has 4 nitrogen and oxygen atoms in total. The number of rotatable bonds is 3. The maximum absolute atomic E-state index is 5.94. The average Bonchev–Trinajstić information content (AvgIpc) is 2.78. The summed E-state index contributed by atoms with van der Waals surface area (Å²) in [6.07, 6.45) is 2.60. The molecule has 1 fully saturated rings. The highest BCUT2D eigenvalue weighted by Crippen LogP contribution is 2.24. The van der Waals surface area contributed by atoms with Crippen molar-refractivity contribution >= 4 is 17.4 Å². The summed E-state index contributed by atoms with van der Waals surface area (Å²) in [5.41, 5.74) is 2.08. The Hall–Kier alpha value is -0.870. The monoisotopic (exact) mass is 255 g/mol. The van der Waals surface area contributed by atoms with Crippen LogP contribution in [0.2, 0.25) is 5.15 Å². The largest absolute Gasteiger partial charge is 0.376 e. The molecule has 0 spiro atoms. The number of likely N-dealkylation sites (N-methyl/N-ethyl adjacent to an activating group) is 1. The standard InChI is InChI=1S/C12H18ClN3O/c1-8-9(2)12(15-14-11(8)13)16(3)7-10-5-4-6-17-10/h10H,4-7H2,1-3H3. The van der Waals surface area contributed by atoms with Crippen molar-refractivity contribution in [3.63, 3.8) is 0 Å². The summed E-state index contributed by atoms with van der Waals surface area (Å²) >= 11 is 5.94. The van der Waals surface area contributed by atoms with E-state index >= 15 is 0 Å². The lowest BCUT2D eigenvalue weighted by molar-refractivity contribution is 0.116. The molecule has 0 saturated carbocycles. The van der Waals surface area contributed by atoms with E-state index < -0.39 is 0 Å². The number of nitrogens with zero attached hydrogens (tertiary/aromatic N) is 3. The van der Waals surface area contributed by atoms with Crippen molar-refractivity contribution in [2.45, 2.75) is 32.8 Å². The average molecular weight is 256 g/mol. The zero-order chi connectivity index (χ0) is 12.4. The first-order valence-electron chi connectivity index (χ1n) is 5.91. The van der Waals surface area contributed by atoms with Crippen LogP contribution in [0.25, 0.3) is 0 Å². The molecule has 0 amide bonds. The van der Waals surface area contributed by atoms with Gasteiger partial charge in [-0.2, -0.15) is 0 Å². The van der Waals surface area contributed by atoms with Gasteiger partial charge in [-0.3, -0.25) is 0 Å². The van der Waals surface area contributed by atoms with Crippen LogP contribution >= 0.6 is 11.6 Å². The van der Waals surface area contributed by atoms with E-state index in [9.17, 15) is 0 Å². The van der Waals surface area contributed by atoms with E-state index in [1.165, 1.54) is 0 Å². The summed E-state index contributed by atoms with van der Waals surface area (Å²) < 4.78 is 5.62. The maximum atomic E-state index is 5.94. The van der Waals surface area contributed by atoms with Gasteiger partial charge in [0.15, 0.2) is 11.0 Å². The third-order valence-electron chi connectivity index (χ3n) is 3.30. The predicted molar refractivity (Wildman–Crippen MR) is 68.8 cm³/mol. The Morgan fingerprint density at radius 2 is 2.12 bits per heavy atom. The Morgan fingerprint density at radius 1 is 1.35 bits per heavy atom. The lowest BCUT2D eigenvalue weighted by Gasteiger charge is -2.23. The van der Waals surface area contributed by atoms with Crippen LogP contribution in [0, 0.1) is 13.8 Å². The van der Waals surface area contributed by atoms with E-state index in [-0.39, 0.29) is 0 Å². The molecule has 0 radical (unpaired) electrons. The molecule has 0 aliphatic carbocycles. The normalized spacial score (nSPS) is 19.6. The van der Waals surface area contributed by atoms with Crippen LogP contribution < -0.4 is 4.90 Å². The molecule has 1 aromatic rings. The number of hydrogen-bond donors (Lipinski definition) is 0. The van der Waals surface area contributed by atoms with Gasteiger partial charge < -0.3 is 9.64 Å². The summed E-state index contributed by atoms with van der Waals surface area (Å²) in [6.45, 7) is 5.73. The molecule has 1 aliphatic rings. The number of halogens is 1. The number of aromatic nitrogens is 2. The summed E-state index contributed by atoms with van der Waals surface area (Å²) in [4.78, 5) is 2.10. The molecule has 1 saturated heterocycles. The van der Waals surface area contributed by atoms with Gasteiger partial charge in [-0.05, 0) is 37.8 Å². The van der Waals surface area contributed by atoms with Crippen molar-refractivity contribution in [1.82, 2.24) is 10.2 Å². The molecule has 0 N–H and O–H groups in total. The van der Waals surface area contributed by atoms with Gasteiger partial charge in [0.1, 0.15) is 0 Å². The molecular formula is C12H18ClN3O. The van der Waals surface area contributed by atoms with Crippen molar-refractivity contribution in [3.8, 4) is 0 Å². The van der Waals surface area contributed by atoms with Crippen LogP contribution in [-0.2, 0) is 4.74 Å². The highest BCUT2D eigenvalue weighted by Gasteiger charge is 2.20. The summed E-state index contributed by atoms with van der Waals surface area (Å²) in [6, 6.07) is 0. The van der Waals surface area contributed by atoms with E-state index in [1.807, 2.05) is 20.9 Å². The second kappa shape index (κ2) is 5.19. The predicted octanol–water partition coefficient (Wildman–Crippen LogP) is 2.36. The molecule has 17 heavy (non-hydrogen) atoms. The highest BCUT2D eigenvalue weighted by atomic mass is 35.5. The summed E-state index contributed by atoms with van der Waals surface area (Å²) in [7, 11) is 2.02. The Morgan fingerprint density at radius 3 is 2.76 bits per heavy atom. The molecule has 5 heteroatoms. The van der Waals surface area contributed by atoms with E-state index in [0.29, 0.717) is 11.3 Å². The van der Waals surface area contributed by atoms with Gasteiger partial charge in [-0.25, -0.2) is 0 Å². The molecule has 2 heterocycles. The van der Waals surface area contributed by atoms with Crippen molar-refractivity contribution in [3.05, 3.63) is 16.3 Å². The fourth-order valence-electron chi connectivity index (χ4n) is 2.11. The molecule has 0 aromatic carbocycles. The van der Waals surface area contributed by atoms with Crippen LogP contribution in [0.3, 0.4) is 0 Å². The molecule has 1 aliphatic heterocycles. The molecule has 2 rings (SSSR count). The van der Waals surface area contributed by atoms with Gasteiger partial charge in [0, 0.05) is 20.2 Å². The van der Waals surface area contributed by atoms with Crippen LogP contribution in [0.4, 0.5) is 5.82 Å². The van der Waals surface area contributed by atoms with E-state index in [1.54, 1.807) is 0 Å². The number of anilines is 1. The van der Waals surface area contributed by atoms with E-state index in [2.05, 4.69) is 15.1 Å². The van der Waals surface area contributed by atoms with Crippen LogP contribution in [-0.4, -0.2) is 36.5 Å². The summed E-state index contributed by atoms with van der Waals surface area (Å²) in [5.74, 6) is 0.891. The Labute approximate surface area is 107 Å². The fourth-order valence-corrected chi connectivity index (χ4v) is 2.29. The quantitative estimate of drug-likeness (QED) is 0.831. The maximum Gasteiger partial charge on any atom is 0.155 e. The molecular weight excluding hydrogens is 238 g/mol. The second-order valence-electron chi connectivity index (χ2n) is 4.58. The van der Waals surface area contributed by atoms with E-state index in [4.69, 9.17) is 16.3 Å². The Bertz CT molecular complexity index is 405. The third kappa shape index (κ3) is 2.69. The molecule has 1 unspecified atom stereocenters. The first kappa shape index (κ1) is 12.6. The van der Waals surface area contributed by atoms with E-state index in [0.717, 1.165) is 42.9 Å². The first-order valence-corrected chi connectivity index (χ1v) is 6.29. The number of ether oxygens (including phenoxy) is 1. The molecule has 0 bridgehead atoms. The van der Waals surface area contributed by atoms with Gasteiger partial charge in [0.05, 0.1) is 6.10 Å². The zero-order valence-corrected chi connectivity index (χ0v) is 11.3. The Balaban J connectivity index is 2.13. The minimum atomic E-state index is 0.317.